The van der Waals surface area contributed by atoms with Gasteiger partial charge in [-0.2, -0.15) is 0 Å². The molecular weight excluding hydrogens is 336 g/mol. The van der Waals surface area contributed by atoms with Crippen molar-refractivity contribution in [3.05, 3.63) is 25.3 Å². The van der Waals surface area contributed by atoms with Gasteiger partial charge in [0.2, 0.25) is 0 Å². The van der Waals surface area contributed by atoms with Crippen LogP contribution in [0.4, 0.5) is 0 Å². The summed E-state index contributed by atoms with van der Waals surface area (Å²) in [6.45, 7) is 26.1. The van der Waals surface area contributed by atoms with Crippen molar-refractivity contribution in [1.29, 1.82) is 0 Å². The largest absolute Gasteiger partial charge is 0.353 e. The first-order chi connectivity index (χ1) is 12.5. The van der Waals surface area contributed by atoms with Gasteiger partial charge in [-0.3, -0.25) is 0 Å². The van der Waals surface area contributed by atoms with Gasteiger partial charge in [0, 0.05) is 26.1 Å². The Morgan fingerprint density at radius 1 is 0.852 bits per heavy atom. The number of rotatable bonds is 14. The van der Waals surface area contributed by atoms with Crippen molar-refractivity contribution in [2.75, 3.05) is 13.2 Å². The summed E-state index contributed by atoms with van der Waals surface area (Å²) in [5.41, 5.74) is 0.366. The molecule has 0 fully saturated rings. The highest BCUT2D eigenvalue weighted by Gasteiger charge is 2.20. The molecule has 160 valence electrons. The molecule has 0 saturated carbocycles. The summed E-state index contributed by atoms with van der Waals surface area (Å²) >= 11 is 0. The molecule has 0 amide bonds. The zero-order chi connectivity index (χ0) is 21.5. The van der Waals surface area contributed by atoms with Gasteiger partial charge in [-0.25, -0.2) is 0 Å². The van der Waals surface area contributed by atoms with E-state index >= 15 is 0 Å². The molecule has 0 rings (SSSR count). The maximum atomic E-state index is 10.2. The van der Waals surface area contributed by atoms with Crippen molar-refractivity contribution in [2.45, 2.75) is 87.4 Å². The van der Waals surface area contributed by atoms with Crippen molar-refractivity contribution in [3.63, 3.8) is 0 Å². The summed E-state index contributed by atoms with van der Waals surface area (Å²) in [6, 6.07) is 0. The molecule has 0 spiro atoms. The molecule has 2 atom stereocenters. The molecule has 0 N–H and O–H groups in total. The van der Waals surface area contributed by atoms with Crippen LogP contribution in [0.25, 0.3) is 0 Å². The Labute approximate surface area is 169 Å². The third kappa shape index (κ3) is 16.9. The Hall–Kier alpha value is -0.930. The van der Waals surface area contributed by atoms with E-state index in [9.17, 15) is 4.79 Å². The maximum absolute atomic E-state index is 10.2. The van der Waals surface area contributed by atoms with E-state index in [-0.39, 0.29) is 17.1 Å². The molecule has 0 saturated heterocycles. The van der Waals surface area contributed by atoms with Gasteiger partial charge in [0.15, 0.2) is 6.29 Å². The fourth-order valence-corrected chi connectivity index (χ4v) is 3.18. The fourth-order valence-electron chi connectivity index (χ4n) is 3.18. The first kappa shape index (κ1) is 28.3. The first-order valence-electron chi connectivity index (χ1n) is 10.4. The van der Waals surface area contributed by atoms with Gasteiger partial charge in [-0.15, -0.1) is 13.2 Å². The van der Waals surface area contributed by atoms with Crippen LogP contribution in [0.3, 0.4) is 0 Å². The number of ether oxygens (including phenoxy) is 2. The van der Waals surface area contributed by atoms with E-state index < -0.39 is 0 Å². The van der Waals surface area contributed by atoms with E-state index in [0.29, 0.717) is 31.5 Å². The predicted octanol–water partition coefficient (Wildman–Crippen LogP) is 6.83. The molecule has 0 bridgehead atoms. The Morgan fingerprint density at radius 3 is 1.59 bits per heavy atom. The van der Waals surface area contributed by atoms with Gasteiger partial charge in [-0.05, 0) is 49.4 Å². The van der Waals surface area contributed by atoms with Gasteiger partial charge >= 0.3 is 0 Å². The lowest BCUT2D eigenvalue weighted by Crippen LogP contribution is -2.22. The molecule has 0 heterocycles. The normalized spacial score (nSPS) is 14.1. The van der Waals surface area contributed by atoms with E-state index in [1.165, 1.54) is 0 Å². The summed E-state index contributed by atoms with van der Waals surface area (Å²) in [7, 11) is 0. The smallest absolute Gasteiger partial charge is 0.157 e. The fraction of sp³-hybridized carbons (Fsp3) is 0.792. The average Bonchev–Trinajstić information content (AvgIpc) is 2.55. The maximum Gasteiger partial charge on any atom is 0.157 e. The number of hydrogen-bond donors (Lipinski definition) is 0. The van der Waals surface area contributed by atoms with E-state index in [2.05, 4.69) is 54.7 Å². The Morgan fingerprint density at radius 2 is 1.26 bits per heavy atom. The number of carbonyl (C=O) groups excluding carboxylic acids is 1. The van der Waals surface area contributed by atoms with E-state index in [1.807, 2.05) is 26.0 Å². The predicted molar refractivity (Wildman–Crippen MR) is 118 cm³/mol. The SMILES string of the molecule is C=CC(C)(C)CC(C)CC(OCC)OCC.C=CC(C)(C)CC(C)CC=O. The van der Waals surface area contributed by atoms with Crippen LogP contribution in [-0.4, -0.2) is 25.8 Å². The molecule has 27 heavy (non-hydrogen) atoms. The van der Waals surface area contributed by atoms with Crippen molar-refractivity contribution in [1.82, 2.24) is 0 Å². The molecule has 0 aliphatic heterocycles. The Balaban J connectivity index is 0. The summed E-state index contributed by atoms with van der Waals surface area (Å²) in [5.74, 6) is 1.05. The summed E-state index contributed by atoms with van der Waals surface area (Å²) in [5, 5.41) is 0. The topological polar surface area (TPSA) is 35.5 Å². The van der Waals surface area contributed by atoms with E-state index in [1.54, 1.807) is 0 Å². The van der Waals surface area contributed by atoms with Crippen LogP contribution >= 0.6 is 0 Å². The molecule has 3 heteroatoms. The van der Waals surface area contributed by atoms with Gasteiger partial charge in [0.25, 0.3) is 0 Å². The summed E-state index contributed by atoms with van der Waals surface area (Å²) in [6.07, 6.45) is 8.70. The minimum atomic E-state index is -0.0504. The van der Waals surface area contributed by atoms with Crippen molar-refractivity contribution < 1.29 is 14.3 Å². The van der Waals surface area contributed by atoms with Crippen molar-refractivity contribution in [2.24, 2.45) is 22.7 Å². The zero-order valence-electron chi connectivity index (χ0n) is 19.3. The van der Waals surface area contributed by atoms with Crippen LogP contribution < -0.4 is 0 Å². The zero-order valence-corrected chi connectivity index (χ0v) is 19.3. The number of allylic oxidation sites excluding steroid dienone is 2. The van der Waals surface area contributed by atoms with Gasteiger partial charge in [0.05, 0.1) is 0 Å². The minimum absolute atomic E-state index is 0.0504. The third-order valence-corrected chi connectivity index (χ3v) is 4.65. The second-order valence-corrected chi connectivity index (χ2v) is 8.98. The lowest BCUT2D eigenvalue weighted by Gasteiger charge is -2.27. The van der Waals surface area contributed by atoms with Crippen molar-refractivity contribution >= 4 is 6.29 Å². The lowest BCUT2D eigenvalue weighted by molar-refractivity contribution is -0.146. The van der Waals surface area contributed by atoms with Gasteiger partial charge in [-0.1, -0.05) is 53.7 Å². The number of carbonyl (C=O) groups is 1. The Kier molecular flexibility index (Phi) is 15.8. The highest BCUT2D eigenvalue weighted by Crippen LogP contribution is 2.29. The van der Waals surface area contributed by atoms with Crippen LogP contribution in [0.15, 0.2) is 25.3 Å². The molecule has 0 aliphatic rings. The number of hydrogen-bond acceptors (Lipinski definition) is 3. The first-order valence-corrected chi connectivity index (χ1v) is 10.4. The minimum Gasteiger partial charge on any atom is -0.353 e. The van der Waals surface area contributed by atoms with Gasteiger partial charge < -0.3 is 14.3 Å². The van der Waals surface area contributed by atoms with Crippen LogP contribution in [-0.2, 0) is 14.3 Å². The molecule has 0 radical (unpaired) electrons. The molecule has 2 unspecified atom stereocenters. The monoisotopic (exact) mass is 382 g/mol. The summed E-state index contributed by atoms with van der Waals surface area (Å²) < 4.78 is 11.1. The lowest BCUT2D eigenvalue weighted by atomic mass is 9.82. The molecule has 0 aromatic rings. The van der Waals surface area contributed by atoms with E-state index in [0.717, 1.165) is 25.5 Å². The molecular formula is C24H46O3. The quantitative estimate of drug-likeness (QED) is 0.188. The third-order valence-electron chi connectivity index (χ3n) is 4.65. The van der Waals surface area contributed by atoms with Crippen LogP contribution in [0.1, 0.15) is 81.1 Å². The van der Waals surface area contributed by atoms with Crippen LogP contribution in [0, 0.1) is 22.7 Å². The number of aldehydes is 1. The standard InChI is InChI=1S/C14H28O2.C10H18O/c1-7-14(5,6)11-12(4)10-13(15-8-2)16-9-3;1-5-10(3,4)8-9(2)6-7-11/h7,12-13H,1,8-11H2,2-6H3;5,7,9H,1,6,8H2,2-4H3. The van der Waals surface area contributed by atoms with Crippen LogP contribution in [0.5, 0.6) is 0 Å². The highest BCUT2D eigenvalue weighted by molar-refractivity contribution is 5.49. The van der Waals surface area contributed by atoms with Crippen molar-refractivity contribution in [3.8, 4) is 0 Å². The second-order valence-electron chi connectivity index (χ2n) is 8.98. The summed E-state index contributed by atoms with van der Waals surface area (Å²) in [4.78, 5) is 10.2. The molecule has 0 aromatic heterocycles. The molecule has 0 aliphatic carbocycles. The average molecular weight is 383 g/mol. The van der Waals surface area contributed by atoms with E-state index in [4.69, 9.17) is 9.47 Å². The van der Waals surface area contributed by atoms with Gasteiger partial charge in [0.1, 0.15) is 6.29 Å². The molecule has 3 nitrogen and oxygen atoms in total. The molecule has 0 aromatic carbocycles. The second kappa shape index (κ2) is 15.0. The van der Waals surface area contributed by atoms with Crippen LogP contribution in [0.2, 0.25) is 0 Å². The Bertz CT molecular complexity index is 392. The highest BCUT2D eigenvalue weighted by atomic mass is 16.7.